The number of amidine groups is 1. The van der Waals surface area contributed by atoms with Crippen molar-refractivity contribution in [2.75, 3.05) is 0 Å². The molecule has 1 aliphatic rings. The molecule has 0 amide bonds. The lowest BCUT2D eigenvalue weighted by molar-refractivity contribution is 0.409. The SMILES string of the molecule is c1ccc2cc(C3NC(c4cccc5oc6ccncc6c45)=NC(c4ccc5c(ccc6c7ccccc7ccc56)c4)N3)ccc2c1. The Hall–Kier alpha value is -6.04. The molecular weight excluding hydrogens is 576 g/mol. The molecule has 0 saturated heterocycles. The fourth-order valence-electron chi connectivity index (χ4n) is 7.31. The van der Waals surface area contributed by atoms with Crippen LogP contribution in [-0.4, -0.2) is 10.8 Å². The van der Waals surface area contributed by atoms with Crippen molar-refractivity contribution in [3.63, 3.8) is 0 Å². The van der Waals surface area contributed by atoms with Gasteiger partial charge in [0.25, 0.3) is 0 Å². The largest absolute Gasteiger partial charge is 0.456 e. The number of hydrogen-bond acceptors (Lipinski definition) is 5. The summed E-state index contributed by atoms with van der Waals surface area (Å²) in [6, 6.07) is 47.5. The zero-order valence-corrected chi connectivity index (χ0v) is 25.3. The summed E-state index contributed by atoms with van der Waals surface area (Å²) in [6.45, 7) is 0. The zero-order chi connectivity index (χ0) is 30.9. The first-order chi connectivity index (χ1) is 23.3. The van der Waals surface area contributed by atoms with Gasteiger partial charge in [-0.1, -0.05) is 109 Å². The molecule has 222 valence electrons. The van der Waals surface area contributed by atoms with Gasteiger partial charge in [-0.25, -0.2) is 4.99 Å². The van der Waals surface area contributed by atoms with E-state index in [2.05, 4.69) is 131 Å². The van der Waals surface area contributed by atoms with Gasteiger partial charge in [0.15, 0.2) is 0 Å². The average Bonchev–Trinajstić information content (AvgIpc) is 3.53. The predicted octanol–water partition coefficient (Wildman–Crippen LogP) is 9.93. The fourth-order valence-corrected chi connectivity index (χ4v) is 7.31. The number of fused-ring (bicyclic) bond motifs is 9. The molecule has 0 saturated carbocycles. The summed E-state index contributed by atoms with van der Waals surface area (Å²) in [6.07, 6.45) is 3.18. The first-order valence-corrected chi connectivity index (χ1v) is 16.0. The van der Waals surface area contributed by atoms with Gasteiger partial charge in [0, 0.05) is 28.7 Å². The molecule has 7 aromatic carbocycles. The van der Waals surface area contributed by atoms with Crippen LogP contribution >= 0.6 is 0 Å². The number of nitrogens with zero attached hydrogens (tertiary/aromatic N) is 2. The molecular formula is C42H28N4O. The van der Waals surface area contributed by atoms with Gasteiger partial charge in [-0.3, -0.25) is 10.3 Å². The standard InChI is InChI=1S/C42H28N4O/c1-2-8-27-22-29(13-12-25(27)6-1)40-44-41(46-42(45-40)35-10-5-11-38-39(35)36-24-43-21-20-37(36)47-38)30-16-17-32-28(23-30)15-19-33-31-9-4-3-7-26(31)14-18-34(32)33/h1-24,40-41,44H,(H,45,46). The van der Waals surface area contributed by atoms with Gasteiger partial charge in [0.05, 0.1) is 0 Å². The highest BCUT2D eigenvalue weighted by atomic mass is 16.3. The van der Waals surface area contributed by atoms with Gasteiger partial charge in [0.1, 0.15) is 29.3 Å². The van der Waals surface area contributed by atoms with Crippen molar-refractivity contribution >= 4 is 70.9 Å². The Morgan fingerprint density at radius 3 is 2.17 bits per heavy atom. The van der Waals surface area contributed by atoms with Crippen LogP contribution in [0.5, 0.6) is 0 Å². The molecule has 2 atom stereocenters. The monoisotopic (exact) mass is 604 g/mol. The van der Waals surface area contributed by atoms with Gasteiger partial charge in [0.2, 0.25) is 0 Å². The molecule has 5 heteroatoms. The Morgan fingerprint density at radius 2 is 1.26 bits per heavy atom. The predicted molar refractivity (Wildman–Crippen MR) is 193 cm³/mol. The van der Waals surface area contributed by atoms with Crippen molar-refractivity contribution in [2.45, 2.75) is 12.3 Å². The van der Waals surface area contributed by atoms with Crippen LogP contribution in [0.2, 0.25) is 0 Å². The lowest BCUT2D eigenvalue weighted by atomic mass is 9.95. The van der Waals surface area contributed by atoms with Gasteiger partial charge >= 0.3 is 0 Å². The Labute approximate surface area is 270 Å². The Morgan fingerprint density at radius 1 is 0.532 bits per heavy atom. The van der Waals surface area contributed by atoms with Crippen molar-refractivity contribution in [3.05, 3.63) is 163 Å². The van der Waals surface area contributed by atoms with E-state index in [0.717, 1.165) is 44.5 Å². The van der Waals surface area contributed by atoms with Crippen molar-refractivity contribution in [1.29, 1.82) is 0 Å². The van der Waals surface area contributed by atoms with Crippen LogP contribution in [0.25, 0.3) is 65.0 Å². The van der Waals surface area contributed by atoms with Crippen LogP contribution in [0.3, 0.4) is 0 Å². The van der Waals surface area contributed by atoms with E-state index in [9.17, 15) is 0 Å². The van der Waals surface area contributed by atoms with E-state index in [1.165, 1.54) is 43.1 Å². The van der Waals surface area contributed by atoms with E-state index >= 15 is 0 Å². The Bertz CT molecular complexity index is 2730. The van der Waals surface area contributed by atoms with Crippen LogP contribution in [0.4, 0.5) is 0 Å². The molecule has 0 spiro atoms. The quantitative estimate of drug-likeness (QED) is 0.197. The maximum atomic E-state index is 6.23. The summed E-state index contributed by atoms with van der Waals surface area (Å²) in [4.78, 5) is 9.75. The topological polar surface area (TPSA) is 62.5 Å². The normalized spacial score (nSPS) is 16.7. The summed E-state index contributed by atoms with van der Waals surface area (Å²) >= 11 is 0. The van der Waals surface area contributed by atoms with E-state index in [-0.39, 0.29) is 12.3 Å². The number of hydrogen-bond donors (Lipinski definition) is 2. The minimum atomic E-state index is -0.286. The van der Waals surface area contributed by atoms with Gasteiger partial charge in [-0.15, -0.1) is 0 Å². The Kier molecular flexibility index (Phi) is 5.71. The lowest BCUT2D eigenvalue weighted by Gasteiger charge is -2.32. The van der Waals surface area contributed by atoms with Crippen LogP contribution in [0, 0.1) is 0 Å². The van der Waals surface area contributed by atoms with E-state index in [1.54, 1.807) is 6.20 Å². The second kappa shape index (κ2) is 10.2. The van der Waals surface area contributed by atoms with Crippen molar-refractivity contribution < 1.29 is 4.42 Å². The highest BCUT2D eigenvalue weighted by Crippen LogP contribution is 2.36. The number of nitrogens with one attached hydrogen (secondary N) is 2. The van der Waals surface area contributed by atoms with Gasteiger partial charge in [-0.2, -0.15) is 0 Å². The van der Waals surface area contributed by atoms with Crippen molar-refractivity contribution in [1.82, 2.24) is 15.6 Å². The minimum Gasteiger partial charge on any atom is -0.456 e. The number of furan rings is 1. The smallest absolute Gasteiger partial charge is 0.138 e. The lowest BCUT2D eigenvalue weighted by Crippen LogP contribution is -2.45. The van der Waals surface area contributed by atoms with E-state index in [1.807, 2.05) is 24.4 Å². The number of pyridine rings is 1. The molecule has 0 radical (unpaired) electrons. The molecule has 2 N–H and O–H groups in total. The molecule has 3 heterocycles. The van der Waals surface area contributed by atoms with Crippen LogP contribution in [-0.2, 0) is 0 Å². The van der Waals surface area contributed by atoms with Crippen molar-refractivity contribution in [2.24, 2.45) is 4.99 Å². The number of aromatic nitrogens is 1. The fraction of sp³-hybridized carbons (Fsp3) is 0.0476. The molecule has 5 nitrogen and oxygen atoms in total. The molecule has 0 fully saturated rings. The highest BCUT2D eigenvalue weighted by molar-refractivity contribution is 6.19. The Balaban J connectivity index is 1.14. The summed E-state index contributed by atoms with van der Waals surface area (Å²) in [7, 11) is 0. The second-order valence-corrected chi connectivity index (χ2v) is 12.3. The van der Waals surface area contributed by atoms with Gasteiger partial charge in [-0.05, 0) is 78.5 Å². The number of aliphatic imine (C=N–C) groups is 1. The molecule has 2 aromatic heterocycles. The third kappa shape index (κ3) is 4.21. The van der Waals surface area contributed by atoms with Crippen LogP contribution in [0.1, 0.15) is 29.0 Å². The van der Waals surface area contributed by atoms with Gasteiger partial charge < -0.3 is 9.73 Å². The molecule has 2 unspecified atom stereocenters. The van der Waals surface area contributed by atoms with E-state index in [0.29, 0.717) is 0 Å². The number of benzene rings is 7. The molecule has 0 aliphatic carbocycles. The first-order valence-electron chi connectivity index (χ1n) is 16.0. The second-order valence-electron chi connectivity index (χ2n) is 12.3. The summed E-state index contributed by atoms with van der Waals surface area (Å²) in [5.41, 5.74) is 4.87. The third-order valence-electron chi connectivity index (χ3n) is 9.60. The molecule has 1 aliphatic heterocycles. The van der Waals surface area contributed by atoms with Crippen LogP contribution < -0.4 is 10.6 Å². The minimum absolute atomic E-state index is 0.178. The molecule has 0 bridgehead atoms. The molecule has 10 rings (SSSR count). The zero-order valence-electron chi connectivity index (χ0n) is 25.3. The molecule has 9 aromatic rings. The average molecular weight is 605 g/mol. The summed E-state index contributed by atoms with van der Waals surface area (Å²) < 4.78 is 6.23. The van der Waals surface area contributed by atoms with E-state index in [4.69, 9.17) is 9.41 Å². The third-order valence-corrected chi connectivity index (χ3v) is 9.60. The highest BCUT2D eigenvalue weighted by Gasteiger charge is 2.27. The van der Waals surface area contributed by atoms with Crippen molar-refractivity contribution in [3.8, 4) is 0 Å². The summed E-state index contributed by atoms with van der Waals surface area (Å²) in [5, 5.41) is 19.5. The maximum Gasteiger partial charge on any atom is 0.138 e. The first kappa shape index (κ1) is 26.2. The molecule has 47 heavy (non-hydrogen) atoms. The van der Waals surface area contributed by atoms with Crippen LogP contribution in [0.15, 0.2) is 155 Å². The van der Waals surface area contributed by atoms with E-state index < -0.39 is 0 Å². The number of rotatable bonds is 3. The summed E-state index contributed by atoms with van der Waals surface area (Å²) in [5.74, 6) is 0.814. The maximum absolute atomic E-state index is 6.23.